The fourth-order valence-corrected chi connectivity index (χ4v) is 1.68. The van der Waals surface area contributed by atoms with Gasteiger partial charge >= 0.3 is 0 Å². The van der Waals surface area contributed by atoms with Gasteiger partial charge in [-0.1, -0.05) is 19.1 Å². The zero-order valence-electron chi connectivity index (χ0n) is 7.80. The van der Waals surface area contributed by atoms with Gasteiger partial charge in [-0.25, -0.2) is 10.1 Å². The molecule has 66 valence electrons. The van der Waals surface area contributed by atoms with Crippen LogP contribution in [-0.2, 0) is 0 Å². The minimum absolute atomic E-state index is 0.220. The van der Waals surface area contributed by atoms with Crippen LogP contribution >= 0.6 is 0 Å². The van der Waals surface area contributed by atoms with E-state index in [0.717, 1.165) is 30.4 Å². The number of allylic oxidation sites excluding steroid dienone is 3. The molecule has 1 aliphatic rings. The number of rotatable bonds is 0. The van der Waals surface area contributed by atoms with Gasteiger partial charge in [0.2, 0.25) is 0 Å². The van der Waals surface area contributed by atoms with E-state index >= 15 is 0 Å². The fourth-order valence-electron chi connectivity index (χ4n) is 1.68. The Kier molecular flexibility index (Phi) is 2.88. The Morgan fingerprint density at radius 3 is 2.92 bits per heavy atom. The van der Waals surface area contributed by atoms with Crippen LogP contribution in [-0.4, -0.2) is 0 Å². The summed E-state index contributed by atoms with van der Waals surface area (Å²) in [6.07, 6.45) is 2.94. The van der Waals surface area contributed by atoms with Gasteiger partial charge in [-0.3, -0.25) is 0 Å². The lowest BCUT2D eigenvalue weighted by Gasteiger charge is -2.24. The fraction of sp³-hybridized carbons (Fsp3) is 0.455. The van der Waals surface area contributed by atoms with Crippen molar-refractivity contribution in [3.05, 3.63) is 34.8 Å². The second-order valence-corrected chi connectivity index (χ2v) is 3.33. The maximum atomic E-state index is 8.73. The van der Waals surface area contributed by atoms with Crippen molar-refractivity contribution in [2.75, 3.05) is 0 Å². The number of nitriles is 1. The lowest BCUT2D eigenvalue weighted by molar-refractivity contribution is 0.603. The summed E-state index contributed by atoms with van der Waals surface area (Å²) in [7, 11) is 0. The van der Waals surface area contributed by atoms with Crippen LogP contribution in [0.4, 0.5) is 0 Å². The van der Waals surface area contributed by atoms with E-state index in [4.69, 9.17) is 11.8 Å². The highest BCUT2D eigenvalue weighted by Crippen LogP contribution is 2.34. The first-order chi connectivity index (χ1) is 6.20. The maximum Gasteiger partial charge on any atom is 0.261 e. The molecule has 1 saturated carbocycles. The van der Waals surface area contributed by atoms with E-state index in [1.807, 2.05) is 13.0 Å². The number of nitrogens with zero attached hydrogens (tertiary/aromatic N) is 2. The van der Waals surface area contributed by atoms with Crippen molar-refractivity contribution in [1.82, 2.24) is 0 Å². The first kappa shape index (κ1) is 9.55. The van der Waals surface area contributed by atoms with E-state index < -0.39 is 0 Å². The van der Waals surface area contributed by atoms with Gasteiger partial charge in [0.1, 0.15) is 0 Å². The molecule has 0 N–H and O–H groups in total. The molecule has 0 aliphatic heterocycles. The van der Waals surface area contributed by atoms with Gasteiger partial charge in [0.05, 0.1) is 12.6 Å². The van der Waals surface area contributed by atoms with Crippen LogP contribution in [0.2, 0.25) is 0 Å². The van der Waals surface area contributed by atoms with Crippen molar-refractivity contribution in [2.24, 2.45) is 5.92 Å². The van der Waals surface area contributed by atoms with Gasteiger partial charge < -0.3 is 0 Å². The molecule has 0 aromatic heterocycles. The van der Waals surface area contributed by atoms with Crippen molar-refractivity contribution >= 4 is 0 Å². The minimum Gasteiger partial charge on any atom is -0.227 e. The molecule has 2 nitrogen and oxygen atoms in total. The molecule has 0 aromatic rings. The average molecular weight is 172 g/mol. The van der Waals surface area contributed by atoms with Crippen LogP contribution in [0.3, 0.4) is 0 Å². The topological polar surface area (TPSA) is 28.1 Å². The Labute approximate surface area is 79.0 Å². The van der Waals surface area contributed by atoms with E-state index in [1.165, 1.54) is 0 Å². The van der Waals surface area contributed by atoms with Crippen LogP contribution in [0.15, 0.2) is 23.4 Å². The lowest BCUT2D eigenvalue weighted by Crippen LogP contribution is -2.10. The normalized spacial score (nSPS) is 26.1. The van der Waals surface area contributed by atoms with Crippen molar-refractivity contribution in [3.63, 3.8) is 0 Å². The third-order valence-corrected chi connectivity index (χ3v) is 2.60. The van der Waals surface area contributed by atoms with Crippen LogP contribution in [0.1, 0.15) is 26.2 Å². The zero-order chi connectivity index (χ0) is 9.84. The SMILES string of the molecule is [C-]#[N+]/C(C#N)=C1\CCCC(=C)C1C. The van der Waals surface area contributed by atoms with Crippen LogP contribution < -0.4 is 0 Å². The quantitative estimate of drug-likeness (QED) is 0.313. The number of hydrogen-bond donors (Lipinski definition) is 0. The molecule has 1 aliphatic carbocycles. The molecule has 0 amide bonds. The van der Waals surface area contributed by atoms with Gasteiger partial charge in [0.25, 0.3) is 5.70 Å². The predicted molar refractivity (Wildman–Crippen MR) is 51.4 cm³/mol. The highest BCUT2D eigenvalue weighted by atomic mass is 14.7. The molecule has 0 aromatic carbocycles. The maximum absolute atomic E-state index is 8.73. The van der Waals surface area contributed by atoms with Gasteiger partial charge in [-0.15, -0.1) is 0 Å². The molecule has 1 unspecified atom stereocenters. The number of hydrogen-bond acceptors (Lipinski definition) is 1. The molecule has 0 bridgehead atoms. The Morgan fingerprint density at radius 1 is 1.69 bits per heavy atom. The van der Waals surface area contributed by atoms with Crippen molar-refractivity contribution in [3.8, 4) is 6.07 Å². The Balaban J connectivity index is 3.05. The summed E-state index contributed by atoms with van der Waals surface area (Å²) in [5, 5.41) is 8.73. The summed E-state index contributed by atoms with van der Waals surface area (Å²) in [5.41, 5.74) is 2.40. The average Bonchev–Trinajstić information content (AvgIpc) is 2.14. The lowest BCUT2D eigenvalue weighted by atomic mass is 9.81. The molecule has 0 saturated heterocycles. The summed E-state index contributed by atoms with van der Waals surface area (Å²) >= 11 is 0. The first-order valence-corrected chi connectivity index (χ1v) is 4.39. The van der Waals surface area contributed by atoms with E-state index in [2.05, 4.69) is 11.4 Å². The second kappa shape index (κ2) is 3.92. The predicted octanol–water partition coefficient (Wildman–Crippen LogP) is 3.06. The molecule has 1 fully saturated rings. The molecule has 0 heterocycles. The zero-order valence-corrected chi connectivity index (χ0v) is 7.80. The van der Waals surface area contributed by atoms with Crippen LogP contribution in [0.5, 0.6) is 0 Å². The Hall–Kier alpha value is -1.54. The summed E-state index contributed by atoms with van der Waals surface area (Å²) in [5.74, 6) is 0.220. The summed E-state index contributed by atoms with van der Waals surface area (Å²) in [6, 6.07) is 1.96. The minimum atomic E-state index is 0.220. The standard InChI is InChI=1S/C11H12N2/c1-8-5-4-6-10(9(8)2)11(7-12)13-3/h9H,1,4-6H2,2H3/b11-10+. The molecule has 13 heavy (non-hydrogen) atoms. The largest absolute Gasteiger partial charge is 0.261 e. The molecular weight excluding hydrogens is 160 g/mol. The van der Waals surface area contributed by atoms with Crippen LogP contribution in [0, 0.1) is 23.8 Å². The highest BCUT2D eigenvalue weighted by molar-refractivity contribution is 5.38. The van der Waals surface area contributed by atoms with Crippen LogP contribution in [0.25, 0.3) is 4.85 Å². The van der Waals surface area contributed by atoms with Crippen molar-refractivity contribution in [1.29, 1.82) is 5.26 Å². The molecule has 0 radical (unpaired) electrons. The smallest absolute Gasteiger partial charge is 0.227 e. The third kappa shape index (κ3) is 1.79. The molecular formula is C11H12N2. The van der Waals surface area contributed by atoms with E-state index in [0.29, 0.717) is 0 Å². The van der Waals surface area contributed by atoms with E-state index in [9.17, 15) is 0 Å². The van der Waals surface area contributed by atoms with Crippen molar-refractivity contribution < 1.29 is 0 Å². The third-order valence-electron chi connectivity index (χ3n) is 2.60. The van der Waals surface area contributed by atoms with E-state index in [1.54, 1.807) is 0 Å². The molecule has 0 spiro atoms. The molecule has 2 heteroatoms. The molecule has 1 rings (SSSR count). The Morgan fingerprint density at radius 2 is 2.38 bits per heavy atom. The van der Waals surface area contributed by atoms with Crippen molar-refractivity contribution in [2.45, 2.75) is 26.2 Å². The van der Waals surface area contributed by atoms with Gasteiger partial charge in [0.15, 0.2) is 0 Å². The van der Waals surface area contributed by atoms with E-state index in [-0.39, 0.29) is 11.6 Å². The Bertz CT molecular complexity index is 320. The summed E-state index contributed by atoms with van der Waals surface area (Å²) in [4.78, 5) is 3.24. The monoisotopic (exact) mass is 172 g/mol. The second-order valence-electron chi connectivity index (χ2n) is 3.33. The first-order valence-electron chi connectivity index (χ1n) is 4.39. The van der Waals surface area contributed by atoms with Gasteiger partial charge in [-0.2, -0.15) is 0 Å². The highest BCUT2D eigenvalue weighted by Gasteiger charge is 2.20. The summed E-state index contributed by atoms with van der Waals surface area (Å²) < 4.78 is 0. The van der Waals surface area contributed by atoms with Gasteiger partial charge in [0, 0.05) is 0 Å². The van der Waals surface area contributed by atoms with Gasteiger partial charge in [-0.05, 0) is 30.8 Å². The summed E-state index contributed by atoms with van der Waals surface area (Å²) in [6.45, 7) is 12.8. The molecule has 1 atom stereocenters.